The van der Waals surface area contributed by atoms with Gasteiger partial charge >= 0.3 is 0 Å². The van der Waals surface area contributed by atoms with Gasteiger partial charge in [-0.15, -0.1) is 0 Å². The number of piperidine rings is 2. The summed E-state index contributed by atoms with van der Waals surface area (Å²) in [7, 11) is -1.83. The van der Waals surface area contributed by atoms with Crippen molar-refractivity contribution in [2.75, 3.05) is 90.5 Å². The van der Waals surface area contributed by atoms with Crippen LogP contribution in [-0.4, -0.2) is 119 Å². The maximum Gasteiger partial charge on any atom is 0.255 e. The fourth-order valence-corrected chi connectivity index (χ4v) is 10.4. The molecule has 0 spiro atoms. The highest BCUT2D eigenvalue weighted by molar-refractivity contribution is 7.92. The standard InChI is InChI=1S/C44H52ClN11O6S/c1-62-38-21-32(7-9-35(38)50-44-48-23-34(45)41(52-44)49-36-5-3-4-28-12-19-56(40(28)36)63(2,60)61)53-17-13-30(14-18-53)47-16-15-46-22-27-24-54(25-27)31-6-8-33-29(20-31)26-55(43(33)59)37-10-11-39(57)51-42(37)58/h3-9,20-21,23,27,30,37,46-47H,10-19,22,24-26H2,1-2H3,(H,51,57,58)(H2,48,49,50,52). The first kappa shape index (κ1) is 42.6. The maximum absolute atomic E-state index is 13.1. The number of benzene rings is 3. The lowest BCUT2D eigenvalue weighted by Gasteiger charge is -2.41. The Balaban J connectivity index is 0.701. The van der Waals surface area contributed by atoms with Gasteiger partial charge in [-0.1, -0.05) is 23.7 Å². The fraction of sp³-hybridized carbons (Fsp3) is 0.432. The van der Waals surface area contributed by atoms with E-state index in [0.29, 0.717) is 78.0 Å². The van der Waals surface area contributed by atoms with Gasteiger partial charge < -0.3 is 40.7 Å². The van der Waals surface area contributed by atoms with E-state index in [1.807, 2.05) is 42.5 Å². The van der Waals surface area contributed by atoms with Crippen LogP contribution in [0.1, 0.15) is 47.2 Å². The Morgan fingerprint density at radius 1 is 0.889 bits per heavy atom. The summed E-state index contributed by atoms with van der Waals surface area (Å²) in [4.78, 5) is 52.4. The van der Waals surface area contributed by atoms with E-state index in [0.717, 1.165) is 81.2 Å². The summed E-state index contributed by atoms with van der Waals surface area (Å²) >= 11 is 6.52. The number of halogens is 1. The number of methoxy groups -OCH3 is 1. The minimum atomic E-state index is -3.46. The number of hydrogen-bond acceptors (Lipinski definition) is 14. The summed E-state index contributed by atoms with van der Waals surface area (Å²) in [5.41, 5.74) is 6.56. The second kappa shape index (κ2) is 17.8. The number of rotatable bonds is 15. The van der Waals surface area contributed by atoms with Gasteiger partial charge in [-0.2, -0.15) is 4.98 Å². The van der Waals surface area contributed by atoms with Crippen molar-refractivity contribution in [3.63, 3.8) is 0 Å². The van der Waals surface area contributed by atoms with Crippen LogP contribution in [0.4, 0.5) is 40.2 Å². The van der Waals surface area contributed by atoms with E-state index in [-0.39, 0.29) is 29.2 Å². The molecule has 1 atom stereocenters. The fourth-order valence-electron chi connectivity index (χ4n) is 9.28. The van der Waals surface area contributed by atoms with Crippen molar-refractivity contribution < 1.29 is 27.5 Å². The minimum Gasteiger partial charge on any atom is -0.494 e. The van der Waals surface area contributed by atoms with Crippen LogP contribution in [0.25, 0.3) is 0 Å². The molecule has 17 nitrogen and oxygen atoms in total. The Labute approximate surface area is 371 Å². The van der Waals surface area contributed by atoms with Crippen LogP contribution in [0, 0.1) is 5.92 Å². The first-order valence-corrected chi connectivity index (χ1v) is 23.7. The van der Waals surface area contributed by atoms with E-state index in [1.54, 1.807) is 12.0 Å². The maximum atomic E-state index is 13.1. The largest absolute Gasteiger partial charge is 0.494 e. The molecule has 19 heteroatoms. The first-order valence-electron chi connectivity index (χ1n) is 21.5. The third-order valence-electron chi connectivity index (χ3n) is 12.6. The average Bonchev–Trinajstić information content (AvgIpc) is 3.85. The smallest absolute Gasteiger partial charge is 0.255 e. The molecule has 63 heavy (non-hydrogen) atoms. The number of sulfonamides is 1. The van der Waals surface area contributed by atoms with Gasteiger partial charge in [-0.05, 0) is 73.2 Å². The van der Waals surface area contributed by atoms with Gasteiger partial charge in [-0.3, -0.25) is 24.0 Å². The molecule has 5 aliphatic heterocycles. The molecule has 3 aromatic carbocycles. The lowest BCUT2D eigenvalue weighted by atomic mass is 9.98. The molecule has 3 fully saturated rings. The highest BCUT2D eigenvalue weighted by atomic mass is 35.5. The minimum absolute atomic E-state index is 0.145. The molecule has 9 rings (SSSR count). The van der Waals surface area contributed by atoms with Crippen molar-refractivity contribution in [3.8, 4) is 5.75 Å². The molecule has 3 saturated heterocycles. The molecule has 3 amide bonds. The number of carbonyl (C=O) groups excluding carboxylic acids is 3. The van der Waals surface area contributed by atoms with E-state index >= 15 is 0 Å². The zero-order chi connectivity index (χ0) is 43.8. The van der Waals surface area contributed by atoms with Crippen LogP contribution < -0.4 is 45.4 Å². The molecule has 1 unspecified atom stereocenters. The van der Waals surface area contributed by atoms with Gasteiger partial charge in [0.05, 0.1) is 36.6 Å². The number of para-hydroxylation sites is 1. The third-order valence-corrected chi connectivity index (χ3v) is 14.1. The summed E-state index contributed by atoms with van der Waals surface area (Å²) in [6, 6.07) is 17.4. The number of carbonyl (C=O) groups is 3. The van der Waals surface area contributed by atoms with Crippen molar-refractivity contribution in [3.05, 3.63) is 82.5 Å². The zero-order valence-electron chi connectivity index (χ0n) is 35.3. The van der Waals surface area contributed by atoms with Gasteiger partial charge in [0.25, 0.3) is 5.91 Å². The van der Waals surface area contributed by atoms with Gasteiger partial charge in [-0.25, -0.2) is 13.4 Å². The van der Waals surface area contributed by atoms with Crippen LogP contribution >= 0.6 is 11.6 Å². The summed E-state index contributed by atoms with van der Waals surface area (Å²) < 4.78 is 32.2. The topological polar surface area (TPSA) is 193 Å². The van der Waals surface area contributed by atoms with Gasteiger partial charge in [0, 0.05) is 100 Å². The number of amides is 3. The molecule has 332 valence electrons. The Bertz CT molecular complexity index is 2530. The number of anilines is 7. The highest BCUT2D eigenvalue weighted by Crippen LogP contribution is 2.40. The highest BCUT2D eigenvalue weighted by Gasteiger charge is 2.40. The number of hydrogen-bond donors (Lipinski definition) is 5. The predicted octanol–water partition coefficient (Wildman–Crippen LogP) is 3.99. The monoisotopic (exact) mass is 897 g/mol. The molecule has 0 bridgehead atoms. The van der Waals surface area contributed by atoms with Crippen LogP contribution in [0.2, 0.25) is 5.02 Å². The number of ether oxygens (including phenoxy) is 1. The third kappa shape index (κ3) is 9.07. The van der Waals surface area contributed by atoms with Gasteiger partial charge in [0.15, 0.2) is 5.82 Å². The Hall–Kier alpha value is -5.69. The average molecular weight is 898 g/mol. The lowest BCUT2D eigenvalue weighted by Crippen LogP contribution is -2.52. The molecule has 0 radical (unpaired) electrons. The number of nitrogens with zero attached hydrogens (tertiary/aromatic N) is 6. The van der Waals surface area contributed by atoms with E-state index in [9.17, 15) is 22.8 Å². The van der Waals surface area contributed by atoms with E-state index in [1.165, 1.54) is 16.8 Å². The van der Waals surface area contributed by atoms with Crippen molar-refractivity contribution in [2.45, 2.75) is 50.7 Å². The van der Waals surface area contributed by atoms with Crippen molar-refractivity contribution in [2.24, 2.45) is 5.92 Å². The second-order valence-electron chi connectivity index (χ2n) is 16.9. The van der Waals surface area contributed by atoms with Crippen LogP contribution in [0.15, 0.2) is 60.8 Å². The molecule has 0 aliphatic carbocycles. The Morgan fingerprint density at radius 2 is 1.68 bits per heavy atom. The number of fused-ring (bicyclic) bond motifs is 2. The van der Waals surface area contributed by atoms with Crippen LogP contribution in [0.3, 0.4) is 0 Å². The summed E-state index contributed by atoms with van der Waals surface area (Å²) in [5.74, 6) is 1.02. The molecule has 6 heterocycles. The SMILES string of the molecule is COc1cc(N2CCC(NCCNCC3CN(c4ccc5c(c4)CN(C4CCC(=O)NC4=O)C5=O)C3)CC2)ccc1Nc1ncc(Cl)c(Nc2cccc3c2N(S(C)(=O)=O)CC3)n1. The summed E-state index contributed by atoms with van der Waals surface area (Å²) in [6.07, 6.45) is 5.99. The van der Waals surface area contributed by atoms with Crippen LogP contribution in [0.5, 0.6) is 5.75 Å². The first-order chi connectivity index (χ1) is 30.4. The molecule has 0 saturated carbocycles. The summed E-state index contributed by atoms with van der Waals surface area (Å²) in [6.45, 7) is 7.23. The van der Waals surface area contributed by atoms with Gasteiger partial charge in [0.1, 0.15) is 16.8 Å². The van der Waals surface area contributed by atoms with Crippen molar-refractivity contribution >= 4 is 79.5 Å². The molecule has 4 aromatic rings. The quantitative estimate of drug-likeness (QED) is 0.0850. The van der Waals surface area contributed by atoms with E-state index in [2.05, 4.69) is 58.5 Å². The normalized spacial score (nSPS) is 19.2. The number of nitrogens with one attached hydrogen (secondary N) is 5. The Morgan fingerprint density at radius 3 is 2.46 bits per heavy atom. The Kier molecular flexibility index (Phi) is 12.1. The predicted molar refractivity (Wildman–Crippen MR) is 243 cm³/mol. The zero-order valence-corrected chi connectivity index (χ0v) is 36.9. The lowest BCUT2D eigenvalue weighted by molar-refractivity contribution is -0.136. The molecular formula is C44H52ClN11O6S. The second-order valence-corrected chi connectivity index (χ2v) is 19.2. The number of aromatic nitrogens is 2. The van der Waals surface area contributed by atoms with E-state index < -0.39 is 16.1 Å². The van der Waals surface area contributed by atoms with Crippen molar-refractivity contribution in [1.82, 2.24) is 30.8 Å². The molecule has 5 aliphatic rings. The summed E-state index contributed by atoms with van der Waals surface area (Å²) in [5, 5.41) is 16.5. The van der Waals surface area contributed by atoms with Crippen molar-refractivity contribution in [1.29, 1.82) is 0 Å². The molecule has 1 aromatic heterocycles. The van der Waals surface area contributed by atoms with E-state index in [4.69, 9.17) is 16.3 Å². The van der Waals surface area contributed by atoms with Crippen LogP contribution in [-0.2, 0) is 32.6 Å². The van der Waals surface area contributed by atoms with Gasteiger partial charge in [0.2, 0.25) is 27.8 Å². The number of imide groups is 1. The molecule has 5 N–H and O–H groups in total. The molecular weight excluding hydrogens is 846 g/mol.